The largest absolute Gasteiger partial charge is 0.354 e. The van der Waals surface area contributed by atoms with Crippen LogP contribution in [0.4, 0.5) is 0 Å². The first-order valence-corrected chi connectivity index (χ1v) is 9.16. The van der Waals surface area contributed by atoms with Gasteiger partial charge >= 0.3 is 0 Å². The Bertz CT molecular complexity index is 691. The minimum atomic E-state index is -3.70. The van der Waals surface area contributed by atoms with Gasteiger partial charge in [-0.25, -0.2) is 13.6 Å². The van der Waals surface area contributed by atoms with Crippen LogP contribution in [0.25, 0.3) is 0 Å². The van der Waals surface area contributed by atoms with Crippen molar-refractivity contribution in [2.45, 2.75) is 45.1 Å². The van der Waals surface area contributed by atoms with E-state index in [1.165, 1.54) is 12.1 Å². The molecule has 1 aromatic carbocycles. The third-order valence-corrected chi connectivity index (χ3v) is 4.32. The molecule has 134 valence electrons. The number of nitrogens with one attached hydrogen (secondary N) is 2. The number of nitrogens with two attached hydrogens (primary N) is 1. The Balaban J connectivity index is 2.47. The second-order valence-corrected chi connectivity index (χ2v) is 8.24. The Labute approximate surface area is 143 Å². The summed E-state index contributed by atoms with van der Waals surface area (Å²) in [5.74, 6) is -0.461. The molecule has 1 atom stereocenters. The van der Waals surface area contributed by atoms with Gasteiger partial charge in [0.1, 0.15) is 6.04 Å². The first-order valence-electron chi connectivity index (χ1n) is 7.61. The molecule has 4 N–H and O–H groups in total. The molecule has 0 heterocycles. The maximum atomic E-state index is 12.0. The second-order valence-electron chi connectivity index (χ2n) is 6.68. The van der Waals surface area contributed by atoms with Crippen LogP contribution in [-0.2, 0) is 26.0 Å². The van der Waals surface area contributed by atoms with Crippen molar-refractivity contribution >= 4 is 21.8 Å². The van der Waals surface area contributed by atoms with Gasteiger partial charge in [-0.2, -0.15) is 0 Å². The van der Waals surface area contributed by atoms with E-state index in [0.717, 1.165) is 5.56 Å². The highest BCUT2D eigenvalue weighted by molar-refractivity contribution is 7.89. The van der Waals surface area contributed by atoms with Gasteiger partial charge in [0.15, 0.2) is 0 Å². The number of carbonyl (C=O) groups is 2. The van der Waals surface area contributed by atoms with Gasteiger partial charge in [-0.1, -0.05) is 32.9 Å². The number of primary sulfonamides is 1. The molecule has 0 spiro atoms. The topological polar surface area (TPSA) is 118 Å². The van der Waals surface area contributed by atoms with Crippen LogP contribution in [0.15, 0.2) is 29.2 Å². The van der Waals surface area contributed by atoms with Crippen molar-refractivity contribution in [3.05, 3.63) is 29.8 Å². The fourth-order valence-corrected chi connectivity index (χ4v) is 2.32. The molecular formula is C16H25N3O4S. The molecule has 0 fully saturated rings. The highest BCUT2D eigenvalue weighted by Gasteiger charge is 2.24. The summed E-state index contributed by atoms with van der Waals surface area (Å²) in [5.41, 5.74) is 0.314. The van der Waals surface area contributed by atoms with Gasteiger partial charge in [0, 0.05) is 12.0 Å². The minimum Gasteiger partial charge on any atom is -0.354 e. The van der Waals surface area contributed by atoms with E-state index in [-0.39, 0.29) is 16.7 Å². The smallest absolute Gasteiger partial charge is 0.242 e. The van der Waals surface area contributed by atoms with Crippen molar-refractivity contribution in [3.63, 3.8) is 0 Å². The van der Waals surface area contributed by atoms with Gasteiger partial charge in [-0.05, 0) is 31.0 Å². The summed E-state index contributed by atoms with van der Waals surface area (Å²) in [4.78, 5) is 23.8. The molecule has 24 heavy (non-hydrogen) atoms. The van der Waals surface area contributed by atoms with Gasteiger partial charge in [0.2, 0.25) is 21.8 Å². The van der Waals surface area contributed by atoms with Gasteiger partial charge in [-0.3, -0.25) is 9.59 Å². The average Bonchev–Trinajstić information content (AvgIpc) is 2.45. The number of amides is 2. The van der Waals surface area contributed by atoms with Crippen molar-refractivity contribution in [2.24, 2.45) is 10.6 Å². The Morgan fingerprint density at radius 3 is 2.17 bits per heavy atom. The number of hydrogen-bond acceptors (Lipinski definition) is 4. The van der Waals surface area contributed by atoms with Gasteiger partial charge in [-0.15, -0.1) is 0 Å². The molecule has 0 saturated heterocycles. The Kier molecular flexibility index (Phi) is 6.50. The van der Waals surface area contributed by atoms with Crippen molar-refractivity contribution in [1.82, 2.24) is 10.6 Å². The summed E-state index contributed by atoms with van der Waals surface area (Å²) in [7, 11) is -3.70. The normalized spacial score (nSPS) is 13.2. The van der Waals surface area contributed by atoms with Crippen LogP contribution in [0.3, 0.4) is 0 Å². The molecule has 1 aromatic rings. The van der Waals surface area contributed by atoms with Crippen LogP contribution in [0, 0.1) is 5.41 Å². The first kappa shape index (κ1) is 20.1. The molecule has 1 unspecified atom stereocenters. The summed E-state index contributed by atoms with van der Waals surface area (Å²) in [6, 6.07) is 5.53. The number of carbonyl (C=O) groups excluding carboxylic acids is 2. The fourth-order valence-electron chi connectivity index (χ4n) is 1.81. The molecule has 0 aliphatic carbocycles. The zero-order chi connectivity index (χ0) is 18.5. The van der Waals surface area contributed by atoms with Crippen molar-refractivity contribution in [3.8, 4) is 0 Å². The molecule has 7 nitrogen and oxygen atoms in total. The quantitative estimate of drug-likeness (QED) is 0.690. The van der Waals surface area contributed by atoms with Crippen molar-refractivity contribution in [2.75, 3.05) is 6.54 Å². The summed E-state index contributed by atoms with van der Waals surface area (Å²) in [6.45, 7) is 7.33. The predicted octanol–water partition coefficient (Wildman–Crippen LogP) is 0.544. The van der Waals surface area contributed by atoms with Gasteiger partial charge < -0.3 is 10.6 Å². The molecule has 0 aliphatic rings. The average molecular weight is 355 g/mol. The molecule has 8 heteroatoms. The maximum Gasteiger partial charge on any atom is 0.242 e. The lowest BCUT2D eigenvalue weighted by atomic mass is 9.95. The van der Waals surface area contributed by atoms with E-state index < -0.39 is 21.5 Å². The van der Waals surface area contributed by atoms with E-state index in [0.29, 0.717) is 13.0 Å². The molecule has 0 aliphatic heterocycles. The number of hydrogen-bond donors (Lipinski definition) is 3. The number of rotatable bonds is 6. The minimum absolute atomic E-state index is 0.0498. The molecule has 0 aromatic heterocycles. The summed E-state index contributed by atoms with van der Waals surface area (Å²) >= 11 is 0. The highest BCUT2D eigenvalue weighted by atomic mass is 32.2. The summed E-state index contributed by atoms with van der Waals surface area (Å²) in [6.07, 6.45) is 0.538. The summed E-state index contributed by atoms with van der Waals surface area (Å²) < 4.78 is 22.3. The SMILES string of the molecule is CC(NC(=O)C(C)(C)C)C(=O)NCCc1ccc(S(N)(=O)=O)cc1. The predicted molar refractivity (Wildman–Crippen MR) is 91.6 cm³/mol. The lowest BCUT2D eigenvalue weighted by Gasteiger charge is -2.21. The molecule has 0 bridgehead atoms. The highest BCUT2D eigenvalue weighted by Crippen LogP contribution is 2.13. The third kappa shape index (κ3) is 6.29. The standard InChI is InChI=1S/C16H25N3O4S/c1-11(19-15(21)16(2,3)4)14(20)18-10-9-12-5-7-13(8-6-12)24(17,22)23/h5-8,11H,9-10H2,1-4H3,(H,18,20)(H,19,21)(H2,17,22,23). The lowest BCUT2D eigenvalue weighted by molar-refractivity contribution is -0.133. The zero-order valence-corrected chi connectivity index (χ0v) is 15.2. The van der Waals surface area contributed by atoms with E-state index in [1.54, 1.807) is 39.8 Å². The summed E-state index contributed by atoms with van der Waals surface area (Å²) in [5, 5.41) is 10.4. The molecule has 0 radical (unpaired) electrons. The third-order valence-electron chi connectivity index (χ3n) is 3.39. The van der Waals surface area contributed by atoms with E-state index in [2.05, 4.69) is 10.6 Å². The Hall–Kier alpha value is -1.93. The van der Waals surface area contributed by atoms with E-state index in [4.69, 9.17) is 5.14 Å². The van der Waals surface area contributed by atoms with E-state index in [1.807, 2.05) is 0 Å². The molecule has 0 saturated carbocycles. The fraction of sp³-hybridized carbons (Fsp3) is 0.500. The molecular weight excluding hydrogens is 330 g/mol. The second kappa shape index (κ2) is 7.76. The van der Waals surface area contributed by atoms with Crippen LogP contribution < -0.4 is 15.8 Å². The van der Waals surface area contributed by atoms with Gasteiger partial charge in [0.05, 0.1) is 4.90 Å². The van der Waals surface area contributed by atoms with E-state index in [9.17, 15) is 18.0 Å². The van der Waals surface area contributed by atoms with Crippen LogP contribution in [0.1, 0.15) is 33.3 Å². The van der Waals surface area contributed by atoms with Crippen LogP contribution in [0.2, 0.25) is 0 Å². The van der Waals surface area contributed by atoms with Crippen molar-refractivity contribution in [1.29, 1.82) is 0 Å². The van der Waals surface area contributed by atoms with Crippen LogP contribution >= 0.6 is 0 Å². The molecule has 1 rings (SSSR count). The Morgan fingerprint density at radius 1 is 1.17 bits per heavy atom. The zero-order valence-electron chi connectivity index (χ0n) is 14.4. The molecule has 2 amide bonds. The van der Waals surface area contributed by atoms with Crippen LogP contribution in [-0.4, -0.2) is 32.8 Å². The van der Waals surface area contributed by atoms with Crippen molar-refractivity contribution < 1.29 is 18.0 Å². The van der Waals surface area contributed by atoms with Crippen LogP contribution in [0.5, 0.6) is 0 Å². The number of benzene rings is 1. The maximum absolute atomic E-state index is 12.0. The number of sulfonamides is 1. The van der Waals surface area contributed by atoms with E-state index >= 15 is 0 Å². The Morgan fingerprint density at radius 2 is 1.71 bits per heavy atom. The first-order chi connectivity index (χ1) is 10.9. The van der Waals surface area contributed by atoms with Gasteiger partial charge in [0.25, 0.3) is 0 Å². The monoisotopic (exact) mass is 355 g/mol. The lowest BCUT2D eigenvalue weighted by Crippen LogP contribution is -2.48.